The molecule has 0 fully saturated rings. The Hall–Kier alpha value is -1.95. The first-order valence-electron chi connectivity index (χ1n) is 4.97. The molecule has 0 radical (unpaired) electrons. The summed E-state index contributed by atoms with van der Waals surface area (Å²) in [6, 6.07) is 6.17. The van der Waals surface area contributed by atoms with Crippen LogP contribution in [0.5, 0.6) is 0 Å². The molecule has 0 spiro atoms. The van der Waals surface area contributed by atoms with E-state index >= 15 is 0 Å². The summed E-state index contributed by atoms with van der Waals surface area (Å²) in [5, 5.41) is 12.9. The number of halogens is 1. The molecule has 4 nitrogen and oxygen atoms in total. The average Bonchev–Trinajstić information content (AvgIpc) is 2.93. The van der Waals surface area contributed by atoms with Crippen molar-refractivity contribution in [3.8, 4) is 10.8 Å². The largest absolute Gasteiger partial charge is 0.453 e. The van der Waals surface area contributed by atoms with E-state index < -0.39 is 0 Å². The molecule has 0 amide bonds. The predicted molar refractivity (Wildman–Crippen MR) is 64.6 cm³/mol. The zero-order valence-electron chi connectivity index (χ0n) is 8.90. The van der Waals surface area contributed by atoms with Gasteiger partial charge in [-0.25, -0.2) is 4.39 Å². The quantitative estimate of drug-likeness (QED) is 0.758. The van der Waals surface area contributed by atoms with E-state index in [2.05, 4.69) is 15.5 Å². The number of furan rings is 1. The van der Waals surface area contributed by atoms with Crippen LogP contribution in [0.3, 0.4) is 0 Å². The van der Waals surface area contributed by atoms with Crippen molar-refractivity contribution in [2.24, 2.45) is 0 Å². The number of rotatable bonds is 2. The van der Waals surface area contributed by atoms with Crippen LogP contribution in [0.1, 0.15) is 0 Å². The molecule has 3 aromatic rings. The maximum absolute atomic E-state index is 13.0. The lowest BCUT2D eigenvalue weighted by Crippen LogP contribution is -1.84. The molecule has 0 saturated carbocycles. The fourth-order valence-corrected chi connectivity index (χ4v) is 2.19. The SMILES string of the molecule is CNc1nnc(-c2cc3cc(F)ccc3o2)s1. The van der Waals surface area contributed by atoms with Crippen LogP contribution in [0.25, 0.3) is 21.7 Å². The Balaban J connectivity index is 2.11. The first-order valence-corrected chi connectivity index (χ1v) is 5.78. The number of nitrogens with zero attached hydrogens (tertiary/aromatic N) is 2. The topological polar surface area (TPSA) is 51.0 Å². The Morgan fingerprint density at radius 1 is 1.29 bits per heavy atom. The van der Waals surface area contributed by atoms with Crippen LogP contribution in [-0.4, -0.2) is 17.2 Å². The number of benzene rings is 1. The predicted octanol–water partition coefficient (Wildman–Crippen LogP) is 3.13. The zero-order chi connectivity index (χ0) is 11.8. The summed E-state index contributed by atoms with van der Waals surface area (Å²) in [5.74, 6) is 0.322. The highest BCUT2D eigenvalue weighted by atomic mass is 32.1. The lowest BCUT2D eigenvalue weighted by molar-refractivity contribution is 0.618. The summed E-state index contributed by atoms with van der Waals surface area (Å²) in [6.07, 6.45) is 0. The molecule has 86 valence electrons. The molecular formula is C11H8FN3OS. The molecule has 6 heteroatoms. The van der Waals surface area contributed by atoms with Gasteiger partial charge in [0.05, 0.1) is 0 Å². The lowest BCUT2D eigenvalue weighted by Gasteiger charge is -1.87. The minimum absolute atomic E-state index is 0.280. The molecule has 0 bridgehead atoms. The molecule has 17 heavy (non-hydrogen) atoms. The number of nitrogens with one attached hydrogen (secondary N) is 1. The highest BCUT2D eigenvalue weighted by Gasteiger charge is 2.11. The minimum Gasteiger partial charge on any atom is -0.453 e. The molecule has 0 atom stereocenters. The second kappa shape index (κ2) is 3.81. The van der Waals surface area contributed by atoms with E-state index in [4.69, 9.17) is 4.42 Å². The second-order valence-corrected chi connectivity index (χ2v) is 4.43. The number of fused-ring (bicyclic) bond motifs is 1. The molecule has 3 rings (SSSR count). The maximum Gasteiger partial charge on any atom is 0.205 e. The number of hydrogen-bond acceptors (Lipinski definition) is 5. The van der Waals surface area contributed by atoms with Crippen LogP contribution in [0, 0.1) is 5.82 Å². The third-order valence-electron chi connectivity index (χ3n) is 2.33. The fraction of sp³-hybridized carbons (Fsp3) is 0.0909. The summed E-state index contributed by atoms with van der Waals surface area (Å²) in [6.45, 7) is 0. The van der Waals surface area contributed by atoms with Gasteiger partial charge >= 0.3 is 0 Å². The van der Waals surface area contributed by atoms with E-state index in [9.17, 15) is 4.39 Å². The Bertz CT molecular complexity index is 676. The van der Waals surface area contributed by atoms with Gasteiger partial charge in [0.1, 0.15) is 11.4 Å². The normalized spacial score (nSPS) is 10.9. The molecular weight excluding hydrogens is 241 g/mol. The standard InChI is InChI=1S/C11H8FN3OS/c1-13-11-15-14-10(17-11)9-5-6-4-7(12)2-3-8(6)16-9/h2-5H,1H3,(H,13,15). The van der Waals surface area contributed by atoms with E-state index in [1.54, 1.807) is 19.2 Å². The minimum atomic E-state index is -0.280. The molecule has 0 unspecified atom stereocenters. The lowest BCUT2D eigenvalue weighted by atomic mass is 10.2. The third kappa shape index (κ3) is 1.76. The summed E-state index contributed by atoms with van der Waals surface area (Å²) >= 11 is 1.38. The van der Waals surface area contributed by atoms with Crippen molar-refractivity contribution in [2.75, 3.05) is 12.4 Å². The van der Waals surface area contributed by atoms with Gasteiger partial charge in [-0.3, -0.25) is 0 Å². The fourth-order valence-electron chi connectivity index (χ4n) is 1.54. The van der Waals surface area contributed by atoms with Gasteiger partial charge < -0.3 is 9.73 Å². The molecule has 0 aliphatic rings. The molecule has 0 saturated heterocycles. The first-order chi connectivity index (χ1) is 8.26. The van der Waals surface area contributed by atoms with Crippen molar-refractivity contribution >= 4 is 27.4 Å². The zero-order valence-corrected chi connectivity index (χ0v) is 9.71. The van der Waals surface area contributed by atoms with E-state index in [1.165, 1.54) is 23.5 Å². The van der Waals surface area contributed by atoms with E-state index in [0.29, 0.717) is 21.5 Å². The van der Waals surface area contributed by atoms with Crippen LogP contribution in [-0.2, 0) is 0 Å². The molecule has 1 aromatic carbocycles. The van der Waals surface area contributed by atoms with Gasteiger partial charge in [-0.05, 0) is 24.3 Å². The van der Waals surface area contributed by atoms with Crippen molar-refractivity contribution in [3.63, 3.8) is 0 Å². The van der Waals surface area contributed by atoms with E-state index in [-0.39, 0.29) is 5.82 Å². The Morgan fingerprint density at radius 3 is 2.94 bits per heavy atom. The average molecular weight is 249 g/mol. The highest BCUT2D eigenvalue weighted by Crippen LogP contribution is 2.31. The summed E-state index contributed by atoms with van der Waals surface area (Å²) < 4.78 is 18.6. The van der Waals surface area contributed by atoms with E-state index in [0.717, 1.165) is 5.39 Å². The molecule has 0 aliphatic carbocycles. The van der Waals surface area contributed by atoms with Crippen molar-refractivity contribution in [1.82, 2.24) is 10.2 Å². The van der Waals surface area contributed by atoms with Gasteiger partial charge in [0.25, 0.3) is 0 Å². The molecule has 1 N–H and O–H groups in total. The monoisotopic (exact) mass is 249 g/mol. The smallest absolute Gasteiger partial charge is 0.205 e. The van der Waals surface area contributed by atoms with Crippen molar-refractivity contribution in [3.05, 3.63) is 30.1 Å². The third-order valence-corrected chi connectivity index (χ3v) is 3.28. The van der Waals surface area contributed by atoms with Gasteiger partial charge in [0.2, 0.25) is 5.13 Å². The van der Waals surface area contributed by atoms with Crippen molar-refractivity contribution < 1.29 is 8.81 Å². The first kappa shape index (κ1) is 10.2. The van der Waals surface area contributed by atoms with Crippen LogP contribution < -0.4 is 5.32 Å². The van der Waals surface area contributed by atoms with Gasteiger partial charge in [-0.1, -0.05) is 11.3 Å². The Labute approximate surface area is 100 Å². The molecule has 2 heterocycles. The van der Waals surface area contributed by atoms with Gasteiger partial charge in [-0.2, -0.15) is 0 Å². The second-order valence-electron chi connectivity index (χ2n) is 3.46. The summed E-state index contributed by atoms with van der Waals surface area (Å²) in [7, 11) is 1.78. The van der Waals surface area contributed by atoms with E-state index in [1.807, 2.05) is 0 Å². The summed E-state index contributed by atoms with van der Waals surface area (Å²) in [4.78, 5) is 0. The van der Waals surface area contributed by atoms with Gasteiger partial charge in [0.15, 0.2) is 10.8 Å². The molecule has 0 aliphatic heterocycles. The maximum atomic E-state index is 13.0. The van der Waals surface area contributed by atoms with Crippen molar-refractivity contribution in [2.45, 2.75) is 0 Å². The van der Waals surface area contributed by atoms with Gasteiger partial charge in [-0.15, -0.1) is 10.2 Å². The number of aromatic nitrogens is 2. The van der Waals surface area contributed by atoms with Gasteiger partial charge in [0, 0.05) is 12.4 Å². The van der Waals surface area contributed by atoms with Crippen LogP contribution in [0.15, 0.2) is 28.7 Å². The Morgan fingerprint density at radius 2 is 2.18 bits per heavy atom. The van der Waals surface area contributed by atoms with Crippen LogP contribution in [0.2, 0.25) is 0 Å². The number of anilines is 1. The molecule has 2 aromatic heterocycles. The Kier molecular flexibility index (Phi) is 2.29. The van der Waals surface area contributed by atoms with Crippen molar-refractivity contribution in [1.29, 1.82) is 0 Å². The van der Waals surface area contributed by atoms with Crippen LogP contribution in [0.4, 0.5) is 9.52 Å². The highest BCUT2D eigenvalue weighted by molar-refractivity contribution is 7.18. The summed E-state index contributed by atoms with van der Waals surface area (Å²) in [5.41, 5.74) is 0.641. The van der Waals surface area contributed by atoms with Crippen LogP contribution >= 0.6 is 11.3 Å². The number of hydrogen-bond donors (Lipinski definition) is 1.